The Bertz CT molecular complexity index is 878. The molecular formula is C24H36FN7. The van der Waals surface area contributed by atoms with E-state index in [9.17, 15) is 4.39 Å². The van der Waals surface area contributed by atoms with Crippen LogP contribution in [0, 0.1) is 12.7 Å². The van der Waals surface area contributed by atoms with Crippen molar-refractivity contribution in [2.24, 2.45) is 12.0 Å². The Balaban J connectivity index is 1.33. The average Bonchev–Trinajstić information content (AvgIpc) is 3.13. The van der Waals surface area contributed by atoms with Crippen molar-refractivity contribution >= 4 is 5.96 Å². The fourth-order valence-electron chi connectivity index (χ4n) is 4.59. The van der Waals surface area contributed by atoms with Gasteiger partial charge in [-0.2, -0.15) is 0 Å². The van der Waals surface area contributed by atoms with Crippen molar-refractivity contribution in [2.75, 3.05) is 13.1 Å². The lowest BCUT2D eigenvalue weighted by Gasteiger charge is -2.34. The highest BCUT2D eigenvalue weighted by Gasteiger charge is 2.22. The molecule has 0 spiro atoms. The van der Waals surface area contributed by atoms with Crippen LogP contribution in [-0.2, 0) is 20.1 Å². The number of nitrogens with one attached hydrogen (secondary N) is 2. The fourth-order valence-corrected chi connectivity index (χ4v) is 4.59. The number of nitrogens with zero attached hydrogens (tertiary/aromatic N) is 5. The lowest BCUT2D eigenvalue weighted by Crippen LogP contribution is -2.51. The van der Waals surface area contributed by atoms with E-state index in [4.69, 9.17) is 4.99 Å². The van der Waals surface area contributed by atoms with E-state index < -0.39 is 0 Å². The number of hydrogen-bond donors (Lipinski definition) is 2. The third kappa shape index (κ3) is 6.28. The summed E-state index contributed by atoms with van der Waals surface area (Å²) in [5.74, 6) is 2.50. The van der Waals surface area contributed by atoms with Gasteiger partial charge in [-0.25, -0.2) is 9.38 Å². The first-order chi connectivity index (χ1) is 15.6. The summed E-state index contributed by atoms with van der Waals surface area (Å²) < 4.78 is 15.1. The molecule has 0 atom stereocenters. The second kappa shape index (κ2) is 10.9. The minimum Gasteiger partial charge on any atom is -0.354 e. The van der Waals surface area contributed by atoms with E-state index in [-0.39, 0.29) is 5.82 Å². The van der Waals surface area contributed by atoms with Crippen molar-refractivity contribution in [2.45, 2.75) is 77.0 Å². The molecule has 2 fully saturated rings. The Kier molecular flexibility index (Phi) is 7.73. The molecule has 7 nitrogen and oxygen atoms in total. The molecule has 1 saturated carbocycles. The van der Waals surface area contributed by atoms with E-state index in [2.05, 4.69) is 25.7 Å². The summed E-state index contributed by atoms with van der Waals surface area (Å²) in [6, 6.07) is 7.74. The zero-order valence-corrected chi connectivity index (χ0v) is 19.4. The lowest BCUT2D eigenvalue weighted by atomic mass is 9.95. The molecule has 0 unspecified atom stereocenters. The third-order valence-electron chi connectivity index (χ3n) is 6.76. The van der Waals surface area contributed by atoms with Crippen LogP contribution in [0.15, 0.2) is 29.3 Å². The van der Waals surface area contributed by atoms with Crippen molar-refractivity contribution in [1.82, 2.24) is 30.3 Å². The maximum absolute atomic E-state index is 13.2. The monoisotopic (exact) mass is 441 g/mol. The van der Waals surface area contributed by atoms with Crippen LogP contribution in [0.1, 0.15) is 62.2 Å². The third-order valence-corrected chi connectivity index (χ3v) is 6.76. The first kappa shape index (κ1) is 22.7. The van der Waals surface area contributed by atoms with Crippen LogP contribution in [0.3, 0.4) is 0 Å². The molecule has 8 heteroatoms. The summed E-state index contributed by atoms with van der Waals surface area (Å²) in [6.07, 6.45) is 8.46. The van der Waals surface area contributed by atoms with Gasteiger partial charge in [-0.05, 0) is 50.3 Å². The number of benzene rings is 1. The van der Waals surface area contributed by atoms with Gasteiger partial charge in [-0.15, -0.1) is 10.2 Å². The van der Waals surface area contributed by atoms with Gasteiger partial charge in [0, 0.05) is 38.8 Å². The summed E-state index contributed by atoms with van der Waals surface area (Å²) >= 11 is 0. The molecule has 2 N–H and O–H groups in total. The molecule has 0 radical (unpaired) electrons. The standard InChI is InChI=1S/C24H36FN7/c1-18-29-30-23(31(18)2)16-26-24(27-21-6-4-3-5-7-21)28-22-12-14-32(15-13-22)17-19-8-10-20(25)11-9-19/h8-11,21-22H,3-7,12-17H2,1-2H3,(H2,26,27,28). The van der Waals surface area contributed by atoms with Crippen LogP contribution in [0.2, 0.25) is 0 Å². The Labute approximate surface area is 190 Å². The summed E-state index contributed by atoms with van der Waals surface area (Å²) in [7, 11) is 1.98. The van der Waals surface area contributed by atoms with Crippen molar-refractivity contribution < 1.29 is 4.39 Å². The normalized spacial score (nSPS) is 19.3. The predicted octanol–water partition coefficient (Wildman–Crippen LogP) is 3.30. The van der Waals surface area contributed by atoms with Gasteiger partial charge >= 0.3 is 0 Å². The molecule has 1 aromatic heterocycles. The van der Waals surface area contributed by atoms with Gasteiger partial charge in [0.15, 0.2) is 11.8 Å². The van der Waals surface area contributed by atoms with E-state index >= 15 is 0 Å². The van der Waals surface area contributed by atoms with Crippen LogP contribution in [0.4, 0.5) is 4.39 Å². The van der Waals surface area contributed by atoms with Gasteiger partial charge in [-0.3, -0.25) is 4.90 Å². The molecule has 1 aliphatic carbocycles. The number of piperidine rings is 1. The van der Waals surface area contributed by atoms with Gasteiger partial charge in [0.1, 0.15) is 18.2 Å². The number of aliphatic imine (C=N–C) groups is 1. The van der Waals surface area contributed by atoms with Gasteiger partial charge < -0.3 is 15.2 Å². The van der Waals surface area contributed by atoms with Crippen molar-refractivity contribution in [3.8, 4) is 0 Å². The second-order valence-corrected chi connectivity index (χ2v) is 9.19. The highest BCUT2D eigenvalue weighted by atomic mass is 19.1. The molecular weight excluding hydrogens is 405 g/mol. The van der Waals surface area contributed by atoms with Crippen LogP contribution in [-0.4, -0.2) is 50.8 Å². The minimum atomic E-state index is -0.176. The quantitative estimate of drug-likeness (QED) is 0.532. The molecule has 0 amide bonds. The summed E-state index contributed by atoms with van der Waals surface area (Å²) in [5.41, 5.74) is 1.16. The minimum absolute atomic E-state index is 0.176. The molecule has 2 heterocycles. The number of halogens is 1. The maximum Gasteiger partial charge on any atom is 0.192 e. The van der Waals surface area contributed by atoms with Gasteiger partial charge in [0.25, 0.3) is 0 Å². The number of guanidine groups is 1. The highest BCUT2D eigenvalue weighted by molar-refractivity contribution is 5.80. The van der Waals surface area contributed by atoms with E-state index in [1.54, 1.807) is 12.1 Å². The van der Waals surface area contributed by atoms with Gasteiger partial charge in [0.2, 0.25) is 0 Å². The summed E-state index contributed by atoms with van der Waals surface area (Å²) in [4.78, 5) is 7.32. The molecule has 32 heavy (non-hydrogen) atoms. The number of aromatic nitrogens is 3. The Hall–Kier alpha value is -2.48. The number of aryl methyl sites for hydroxylation is 1. The number of hydrogen-bond acceptors (Lipinski definition) is 4. The summed E-state index contributed by atoms with van der Waals surface area (Å²) in [5, 5.41) is 15.8. The molecule has 2 aromatic rings. The maximum atomic E-state index is 13.2. The smallest absolute Gasteiger partial charge is 0.192 e. The Morgan fingerprint density at radius 3 is 2.28 bits per heavy atom. The van der Waals surface area contributed by atoms with E-state index in [0.29, 0.717) is 18.6 Å². The molecule has 1 saturated heterocycles. The van der Waals surface area contributed by atoms with E-state index in [1.165, 1.54) is 32.1 Å². The van der Waals surface area contributed by atoms with Gasteiger partial charge in [0.05, 0.1) is 0 Å². The van der Waals surface area contributed by atoms with Crippen LogP contribution in [0.5, 0.6) is 0 Å². The second-order valence-electron chi connectivity index (χ2n) is 9.19. The molecule has 174 valence electrons. The van der Waals surface area contributed by atoms with Crippen LogP contribution >= 0.6 is 0 Å². The highest BCUT2D eigenvalue weighted by Crippen LogP contribution is 2.18. The molecule has 1 aromatic carbocycles. The average molecular weight is 442 g/mol. The molecule has 0 bridgehead atoms. The number of likely N-dealkylation sites (tertiary alicyclic amines) is 1. The van der Waals surface area contributed by atoms with Crippen molar-refractivity contribution in [1.29, 1.82) is 0 Å². The van der Waals surface area contributed by atoms with Crippen LogP contribution < -0.4 is 10.6 Å². The largest absolute Gasteiger partial charge is 0.354 e. The topological polar surface area (TPSA) is 70.4 Å². The Morgan fingerprint density at radius 1 is 1.00 bits per heavy atom. The SMILES string of the molecule is Cc1nnc(CN=C(NC2CCCCC2)NC2CCN(Cc3ccc(F)cc3)CC2)n1C. The van der Waals surface area contributed by atoms with Crippen LogP contribution in [0.25, 0.3) is 0 Å². The van der Waals surface area contributed by atoms with E-state index in [0.717, 1.165) is 55.6 Å². The Morgan fingerprint density at radius 2 is 1.66 bits per heavy atom. The van der Waals surface area contributed by atoms with Crippen molar-refractivity contribution in [3.05, 3.63) is 47.3 Å². The molecule has 2 aliphatic rings. The van der Waals surface area contributed by atoms with Gasteiger partial charge in [-0.1, -0.05) is 31.4 Å². The lowest BCUT2D eigenvalue weighted by molar-refractivity contribution is 0.198. The zero-order valence-electron chi connectivity index (χ0n) is 19.4. The molecule has 1 aliphatic heterocycles. The number of rotatable bonds is 6. The fraction of sp³-hybridized carbons (Fsp3) is 0.625. The van der Waals surface area contributed by atoms with E-state index in [1.807, 2.05) is 30.7 Å². The summed E-state index contributed by atoms with van der Waals surface area (Å²) in [6.45, 7) is 5.39. The predicted molar refractivity (Wildman–Crippen MR) is 125 cm³/mol. The molecule has 4 rings (SSSR count). The van der Waals surface area contributed by atoms with Crippen molar-refractivity contribution in [3.63, 3.8) is 0 Å². The zero-order chi connectivity index (χ0) is 22.3. The first-order valence-corrected chi connectivity index (χ1v) is 12.0. The first-order valence-electron chi connectivity index (χ1n) is 12.0.